The highest BCUT2D eigenvalue weighted by atomic mass is 16.5. The standard InChI is InChI=1S/C21H25NO2/c1-2-20(21(23)22-19-12-14-7-8-17(19)11-14)24-18-10-9-15-5-3-4-6-16(15)13-18/h3-6,9-10,13-14,17,19-20H,2,7-8,11-12H2,1H3,(H,22,23)/t14-,17-,19+,20-/m1/s1. The molecule has 0 saturated heterocycles. The van der Waals surface area contributed by atoms with Crippen LogP contribution in [-0.4, -0.2) is 18.1 Å². The number of hydrogen-bond acceptors (Lipinski definition) is 2. The molecule has 2 saturated carbocycles. The first-order valence-corrected chi connectivity index (χ1v) is 9.18. The fraction of sp³-hybridized carbons (Fsp3) is 0.476. The zero-order valence-electron chi connectivity index (χ0n) is 14.2. The van der Waals surface area contributed by atoms with Gasteiger partial charge >= 0.3 is 0 Å². The molecule has 1 N–H and O–H groups in total. The summed E-state index contributed by atoms with van der Waals surface area (Å²) >= 11 is 0. The van der Waals surface area contributed by atoms with Crippen LogP contribution in [0.15, 0.2) is 42.5 Å². The molecule has 1 amide bonds. The van der Waals surface area contributed by atoms with E-state index in [1.165, 1.54) is 24.6 Å². The smallest absolute Gasteiger partial charge is 0.261 e. The fourth-order valence-corrected chi connectivity index (χ4v) is 4.42. The molecule has 0 radical (unpaired) electrons. The first kappa shape index (κ1) is 15.5. The maximum absolute atomic E-state index is 12.6. The number of rotatable bonds is 5. The fourth-order valence-electron chi connectivity index (χ4n) is 4.42. The summed E-state index contributed by atoms with van der Waals surface area (Å²) in [5.41, 5.74) is 0. The molecule has 4 atom stereocenters. The Labute approximate surface area is 143 Å². The highest BCUT2D eigenvalue weighted by Gasteiger charge is 2.40. The van der Waals surface area contributed by atoms with E-state index in [1.54, 1.807) is 0 Å². The largest absolute Gasteiger partial charge is 0.481 e. The number of benzene rings is 2. The van der Waals surface area contributed by atoms with Crippen LogP contribution >= 0.6 is 0 Å². The highest BCUT2D eigenvalue weighted by Crippen LogP contribution is 2.44. The molecule has 2 aromatic carbocycles. The number of fused-ring (bicyclic) bond motifs is 3. The number of ether oxygens (including phenoxy) is 1. The van der Waals surface area contributed by atoms with Gasteiger partial charge in [0, 0.05) is 6.04 Å². The van der Waals surface area contributed by atoms with Gasteiger partial charge in [-0.15, -0.1) is 0 Å². The Morgan fingerprint density at radius 1 is 1.17 bits per heavy atom. The van der Waals surface area contributed by atoms with Gasteiger partial charge in [-0.25, -0.2) is 0 Å². The van der Waals surface area contributed by atoms with E-state index in [9.17, 15) is 4.79 Å². The van der Waals surface area contributed by atoms with Crippen molar-refractivity contribution in [3.05, 3.63) is 42.5 Å². The van der Waals surface area contributed by atoms with Gasteiger partial charge in [0.25, 0.3) is 5.91 Å². The van der Waals surface area contributed by atoms with Gasteiger partial charge in [-0.2, -0.15) is 0 Å². The summed E-state index contributed by atoms with van der Waals surface area (Å²) in [6.45, 7) is 2.01. The van der Waals surface area contributed by atoms with E-state index in [2.05, 4.69) is 17.4 Å². The molecule has 2 aromatic rings. The maximum Gasteiger partial charge on any atom is 0.261 e. The van der Waals surface area contributed by atoms with Crippen LogP contribution in [0.5, 0.6) is 5.75 Å². The molecule has 0 aromatic heterocycles. The van der Waals surface area contributed by atoms with Crippen LogP contribution in [0.4, 0.5) is 0 Å². The lowest BCUT2D eigenvalue weighted by molar-refractivity contribution is -0.129. The molecular formula is C21H25NO2. The third-order valence-electron chi connectivity index (χ3n) is 5.73. The molecule has 4 rings (SSSR count). The molecule has 3 nitrogen and oxygen atoms in total. The van der Waals surface area contributed by atoms with E-state index in [0.29, 0.717) is 18.4 Å². The third kappa shape index (κ3) is 3.00. The van der Waals surface area contributed by atoms with Gasteiger partial charge in [-0.05, 0) is 60.4 Å². The van der Waals surface area contributed by atoms with Crippen molar-refractivity contribution in [3.8, 4) is 5.75 Å². The molecular weight excluding hydrogens is 298 g/mol. The van der Waals surface area contributed by atoms with Crippen molar-refractivity contribution < 1.29 is 9.53 Å². The van der Waals surface area contributed by atoms with Crippen molar-refractivity contribution in [3.63, 3.8) is 0 Å². The first-order valence-electron chi connectivity index (χ1n) is 9.18. The lowest BCUT2D eigenvalue weighted by atomic mass is 9.95. The number of nitrogens with one attached hydrogen (secondary N) is 1. The molecule has 2 fully saturated rings. The average Bonchev–Trinajstić information content (AvgIpc) is 3.22. The number of carbonyl (C=O) groups excluding carboxylic acids is 1. The van der Waals surface area contributed by atoms with Gasteiger partial charge in [0.1, 0.15) is 5.75 Å². The maximum atomic E-state index is 12.6. The predicted molar refractivity (Wildman–Crippen MR) is 96.0 cm³/mol. The lowest BCUT2D eigenvalue weighted by Crippen LogP contribution is -2.45. The van der Waals surface area contributed by atoms with E-state index < -0.39 is 6.10 Å². The highest BCUT2D eigenvalue weighted by molar-refractivity contribution is 5.84. The van der Waals surface area contributed by atoms with Crippen molar-refractivity contribution in [2.75, 3.05) is 0 Å². The molecule has 2 aliphatic rings. The second-order valence-corrected chi connectivity index (χ2v) is 7.31. The van der Waals surface area contributed by atoms with Gasteiger partial charge in [0.05, 0.1) is 0 Å². The molecule has 0 heterocycles. The Bertz CT molecular complexity index is 741. The number of amides is 1. The van der Waals surface area contributed by atoms with Crippen LogP contribution in [0.25, 0.3) is 10.8 Å². The Balaban J connectivity index is 1.43. The summed E-state index contributed by atoms with van der Waals surface area (Å²) in [6, 6.07) is 14.6. The SMILES string of the molecule is CC[C@@H](Oc1ccc2ccccc2c1)C(=O)N[C@H]1C[C@@H]2CC[C@@H]1C2. The van der Waals surface area contributed by atoms with Crippen LogP contribution in [0.1, 0.15) is 39.0 Å². The summed E-state index contributed by atoms with van der Waals surface area (Å²) in [6.07, 6.45) is 5.35. The van der Waals surface area contributed by atoms with Crippen LogP contribution in [-0.2, 0) is 4.79 Å². The van der Waals surface area contributed by atoms with Crippen molar-refractivity contribution in [2.24, 2.45) is 11.8 Å². The second-order valence-electron chi connectivity index (χ2n) is 7.31. The van der Waals surface area contributed by atoms with E-state index in [4.69, 9.17) is 4.74 Å². The summed E-state index contributed by atoms with van der Waals surface area (Å²) in [7, 11) is 0. The van der Waals surface area contributed by atoms with Gasteiger partial charge < -0.3 is 10.1 Å². The topological polar surface area (TPSA) is 38.3 Å². The van der Waals surface area contributed by atoms with Gasteiger partial charge in [-0.3, -0.25) is 4.79 Å². The molecule has 126 valence electrons. The Kier molecular flexibility index (Phi) is 4.17. The average molecular weight is 323 g/mol. The van der Waals surface area contributed by atoms with E-state index in [1.807, 2.05) is 37.3 Å². The normalized spacial score (nSPS) is 26.5. The van der Waals surface area contributed by atoms with E-state index in [-0.39, 0.29) is 5.91 Å². The molecule has 0 spiro atoms. The Hall–Kier alpha value is -2.03. The zero-order valence-corrected chi connectivity index (χ0v) is 14.2. The minimum Gasteiger partial charge on any atom is -0.481 e. The van der Waals surface area contributed by atoms with Gasteiger partial charge in [0.15, 0.2) is 6.10 Å². The minimum absolute atomic E-state index is 0.0446. The van der Waals surface area contributed by atoms with Crippen molar-refractivity contribution >= 4 is 16.7 Å². The molecule has 0 aliphatic heterocycles. The van der Waals surface area contributed by atoms with Crippen LogP contribution < -0.4 is 10.1 Å². The molecule has 0 unspecified atom stereocenters. The molecule has 2 bridgehead atoms. The van der Waals surface area contributed by atoms with Crippen molar-refractivity contribution in [2.45, 2.75) is 51.2 Å². The van der Waals surface area contributed by atoms with Crippen molar-refractivity contribution in [1.82, 2.24) is 5.32 Å². The molecule has 2 aliphatic carbocycles. The predicted octanol–water partition coefficient (Wildman–Crippen LogP) is 4.30. The van der Waals surface area contributed by atoms with E-state index >= 15 is 0 Å². The number of carbonyl (C=O) groups is 1. The second kappa shape index (κ2) is 6.46. The summed E-state index contributed by atoms with van der Waals surface area (Å²) < 4.78 is 6.01. The summed E-state index contributed by atoms with van der Waals surface area (Å²) in [4.78, 5) is 12.6. The quantitative estimate of drug-likeness (QED) is 0.891. The van der Waals surface area contributed by atoms with Gasteiger partial charge in [-0.1, -0.05) is 43.7 Å². The monoisotopic (exact) mass is 323 g/mol. The zero-order chi connectivity index (χ0) is 16.5. The lowest BCUT2D eigenvalue weighted by Gasteiger charge is -2.25. The van der Waals surface area contributed by atoms with Crippen molar-refractivity contribution in [1.29, 1.82) is 0 Å². The van der Waals surface area contributed by atoms with Crippen LogP contribution in [0.3, 0.4) is 0 Å². The van der Waals surface area contributed by atoms with Gasteiger partial charge in [0.2, 0.25) is 0 Å². The molecule has 3 heteroatoms. The Morgan fingerprint density at radius 3 is 2.71 bits per heavy atom. The number of hydrogen-bond donors (Lipinski definition) is 1. The Morgan fingerprint density at radius 2 is 2.00 bits per heavy atom. The van der Waals surface area contributed by atoms with E-state index in [0.717, 1.165) is 23.5 Å². The van der Waals surface area contributed by atoms with Crippen LogP contribution in [0.2, 0.25) is 0 Å². The summed E-state index contributed by atoms with van der Waals surface area (Å²) in [5.74, 6) is 2.34. The summed E-state index contributed by atoms with van der Waals surface area (Å²) in [5, 5.41) is 5.58. The molecule has 24 heavy (non-hydrogen) atoms. The first-order chi connectivity index (χ1) is 11.7. The third-order valence-corrected chi connectivity index (χ3v) is 5.73. The minimum atomic E-state index is -0.412. The van der Waals surface area contributed by atoms with Crippen LogP contribution in [0, 0.1) is 11.8 Å².